The van der Waals surface area contributed by atoms with E-state index in [-0.39, 0.29) is 18.1 Å². The molecule has 19 heavy (non-hydrogen) atoms. The van der Waals surface area contributed by atoms with E-state index in [1.165, 1.54) is 0 Å². The second kappa shape index (κ2) is 8.69. The van der Waals surface area contributed by atoms with Crippen LogP contribution >= 0.6 is 0 Å². The quantitative estimate of drug-likeness (QED) is 0.704. The van der Waals surface area contributed by atoms with Crippen molar-refractivity contribution in [2.24, 2.45) is 0 Å². The van der Waals surface area contributed by atoms with E-state index < -0.39 is 10.8 Å². The highest BCUT2D eigenvalue weighted by molar-refractivity contribution is 7.84. The first-order valence-corrected chi connectivity index (χ1v) is 9.19. The molecule has 3 atom stereocenters. The summed E-state index contributed by atoms with van der Waals surface area (Å²) < 4.78 is 11.1. The first-order chi connectivity index (χ1) is 9.10. The van der Waals surface area contributed by atoms with Crippen LogP contribution in [0, 0.1) is 0 Å². The predicted octanol–water partition coefficient (Wildman–Crippen LogP) is 1.87. The molecule has 0 aliphatic carbocycles. The number of hydrogen-bond acceptors (Lipinski definition) is 3. The topological polar surface area (TPSA) is 49.4 Å². The van der Waals surface area contributed by atoms with Crippen LogP contribution in [0.15, 0.2) is 0 Å². The molecule has 1 saturated heterocycles. The van der Waals surface area contributed by atoms with Crippen LogP contribution in [-0.2, 0) is 15.6 Å². The fraction of sp³-hybridized carbons (Fsp3) is 0.929. The Morgan fingerprint density at radius 3 is 2.53 bits per heavy atom. The number of amides is 1. The van der Waals surface area contributed by atoms with Crippen molar-refractivity contribution < 1.29 is 9.00 Å². The smallest absolute Gasteiger partial charge is 0.241 e. The van der Waals surface area contributed by atoms with Crippen molar-refractivity contribution in [2.75, 3.05) is 18.6 Å². The summed E-state index contributed by atoms with van der Waals surface area (Å²) in [5, 5.41) is 3.47. The van der Waals surface area contributed by atoms with Crippen LogP contribution in [0.4, 0.5) is 0 Å². The molecule has 112 valence electrons. The Morgan fingerprint density at radius 1 is 1.21 bits per heavy atom. The Balaban J connectivity index is 2.52. The average molecular weight is 288 g/mol. The van der Waals surface area contributed by atoms with Gasteiger partial charge in [-0.05, 0) is 19.3 Å². The SMILES string of the molecule is CCCCC1NC(CCC)N(CCCS(C)=O)C1=O. The molecular weight excluding hydrogens is 260 g/mol. The van der Waals surface area contributed by atoms with Gasteiger partial charge in [0.05, 0.1) is 12.2 Å². The highest BCUT2D eigenvalue weighted by atomic mass is 32.2. The zero-order chi connectivity index (χ0) is 14.3. The van der Waals surface area contributed by atoms with Gasteiger partial charge in [0, 0.05) is 29.4 Å². The summed E-state index contributed by atoms with van der Waals surface area (Å²) in [7, 11) is -0.764. The molecule has 1 N–H and O–H groups in total. The Hall–Kier alpha value is -0.420. The first-order valence-electron chi connectivity index (χ1n) is 7.46. The lowest BCUT2D eigenvalue weighted by molar-refractivity contribution is -0.130. The Morgan fingerprint density at radius 2 is 1.95 bits per heavy atom. The number of rotatable bonds is 9. The molecule has 0 aromatic rings. The zero-order valence-corrected chi connectivity index (χ0v) is 13.3. The highest BCUT2D eigenvalue weighted by Crippen LogP contribution is 2.19. The molecule has 0 aromatic heterocycles. The first kappa shape index (κ1) is 16.6. The number of nitrogens with zero attached hydrogens (tertiary/aromatic N) is 1. The normalized spacial score (nSPS) is 25.0. The van der Waals surface area contributed by atoms with Crippen LogP contribution in [0.3, 0.4) is 0 Å². The maximum absolute atomic E-state index is 12.4. The molecule has 0 spiro atoms. The summed E-state index contributed by atoms with van der Waals surface area (Å²) in [5.41, 5.74) is 0. The lowest BCUT2D eigenvalue weighted by atomic mass is 10.1. The Kier molecular flexibility index (Phi) is 7.61. The fourth-order valence-electron chi connectivity index (χ4n) is 2.58. The zero-order valence-electron chi connectivity index (χ0n) is 12.5. The van der Waals surface area contributed by atoms with E-state index >= 15 is 0 Å². The minimum absolute atomic E-state index is 0.00336. The van der Waals surface area contributed by atoms with Crippen LogP contribution in [-0.4, -0.2) is 45.8 Å². The van der Waals surface area contributed by atoms with Gasteiger partial charge in [-0.3, -0.25) is 14.3 Å². The van der Waals surface area contributed by atoms with Crippen LogP contribution in [0.1, 0.15) is 52.4 Å². The van der Waals surface area contributed by atoms with Crippen LogP contribution in [0.5, 0.6) is 0 Å². The maximum Gasteiger partial charge on any atom is 0.241 e. The molecule has 1 fully saturated rings. The minimum atomic E-state index is -0.764. The van der Waals surface area contributed by atoms with E-state index in [1.807, 2.05) is 4.90 Å². The Bertz CT molecular complexity index is 310. The van der Waals surface area contributed by atoms with Crippen molar-refractivity contribution in [3.05, 3.63) is 0 Å². The number of hydrogen-bond donors (Lipinski definition) is 1. The molecule has 1 heterocycles. The summed E-state index contributed by atoms with van der Waals surface area (Å²) in [6.07, 6.45) is 7.96. The van der Waals surface area contributed by atoms with Gasteiger partial charge in [-0.2, -0.15) is 0 Å². The number of unbranched alkanes of at least 4 members (excludes halogenated alkanes) is 1. The third kappa shape index (κ3) is 5.22. The summed E-state index contributed by atoms with van der Waals surface area (Å²) in [6.45, 7) is 5.03. The molecule has 0 saturated carbocycles. The summed E-state index contributed by atoms with van der Waals surface area (Å²) in [5.74, 6) is 0.927. The monoisotopic (exact) mass is 288 g/mol. The minimum Gasteiger partial charge on any atom is -0.326 e. The van der Waals surface area contributed by atoms with Crippen molar-refractivity contribution >= 4 is 16.7 Å². The molecular formula is C14H28N2O2S. The van der Waals surface area contributed by atoms with E-state index in [9.17, 15) is 9.00 Å². The second-order valence-corrected chi connectivity index (χ2v) is 6.88. The largest absolute Gasteiger partial charge is 0.326 e. The van der Waals surface area contributed by atoms with Gasteiger partial charge in [0.25, 0.3) is 0 Å². The van der Waals surface area contributed by atoms with E-state index in [1.54, 1.807) is 6.26 Å². The molecule has 0 bridgehead atoms. The van der Waals surface area contributed by atoms with Crippen molar-refractivity contribution in [3.63, 3.8) is 0 Å². The molecule has 0 aromatic carbocycles. The lowest BCUT2D eigenvalue weighted by Gasteiger charge is -2.23. The van der Waals surface area contributed by atoms with Crippen molar-refractivity contribution in [1.29, 1.82) is 0 Å². The van der Waals surface area contributed by atoms with Crippen molar-refractivity contribution in [2.45, 2.75) is 64.6 Å². The predicted molar refractivity (Wildman–Crippen MR) is 80.4 cm³/mol. The van der Waals surface area contributed by atoms with Crippen LogP contribution in [0.2, 0.25) is 0 Å². The molecule has 0 radical (unpaired) electrons. The molecule has 1 aliphatic heterocycles. The van der Waals surface area contributed by atoms with Gasteiger partial charge in [0.15, 0.2) is 0 Å². The van der Waals surface area contributed by atoms with Gasteiger partial charge < -0.3 is 4.90 Å². The van der Waals surface area contributed by atoms with Crippen molar-refractivity contribution in [3.8, 4) is 0 Å². The van der Waals surface area contributed by atoms with Gasteiger partial charge in [0.1, 0.15) is 0 Å². The fourth-order valence-corrected chi connectivity index (χ4v) is 3.11. The van der Waals surface area contributed by atoms with Crippen LogP contribution < -0.4 is 5.32 Å². The van der Waals surface area contributed by atoms with Gasteiger partial charge >= 0.3 is 0 Å². The molecule has 5 heteroatoms. The Labute approximate surface area is 119 Å². The molecule has 1 aliphatic rings. The highest BCUT2D eigenvalue weighted by Gasteiger charge is 2.37. The van der Waals surface area contributed by atoms with Gasteiger partial charge in [0.2, 0.25) is 5.91 Å². The van der Waals surface area contributed by atoms with E-state index in [0.717, 1.165) is 45.1 Å². The lowest BCUT2D eigenvalue weighted by Crippen LogP contribution is -2.38. The maximum atomic E-state index is 12.4. The second-order valence-electron chi connectivity index (χ2n) is 5.33. The van der Waals surface area contributed by atoms with Gasteiger partial charge in [-0.15, -0.1) is 0 Å². The average Bonchev–Trinajstić information content (AvgIpc) is 2.65. The van der Waals surface area contributed by atoms with E-state index in [0.29, 0.717) is 5.75 Å². The molecule has 4 nitrogen and oxygen atoms in total. The third-order valence-electron chi connectivity index (χ3n) is 3.59. The third-order valence-corrected chi connectivity index (χ3v) is 4.45. The summed E-state index contributed by atoms with van der Waals surface area (Å²) in [4.78, 5) is 14.3. The number of nitrogens with one attached hydrogen (secondary N) is 1. The molecule has 1 amide bonds. The molecule has 1 rings (SSSR count). The summed E-state index contributed by atoms with van der Waals surface area (Å²) in [6, 6.07) is 0.00336. The van der Waals surface area contributed by atoms with Gasteiger partial charge in [-0.25, -0.2) is 0 Å². The summed E-state index contributed by atoms with van der Waals surface area (Å²) >= 11 is 0. The van der Waals surface area contributed by atoms with E-state index in [4.69, 9.17) is 0 Å². The van der Waals surface area contributed by atoms with Gasteiger partial charge in [-0.1, -0.05) is 33.1 Å². The number of carbonyl (C=O) groups is 1. The number of carbonyl (C=O) groups excluding carboxylic acids is 1. The van der Waals surface area contributed by atoms with Crippen LogP contribution in [0.25, 0.3) is 0 Å². The molecule has 3 unspecified atom stereocenters. The standard InChI is InChI=1S/C14H28N2O2S/c1-4-6-9-12-14(17)16(10-7-11-19(3)18)13(15-12)8-5-2/h12-13,15H,4-11H2,1-3H3. The van der Waals surface area contributed by atoms with E-state index in [2.05, 4.69) is 19.2 Å². The van der Waals surface area contributed by atoms with Crippen molar-refractivity contribution in [1.82, 2.24) is 10.2 Å².